The van der Waals surface area contributed by atoms with Crippen LogP contribution in [-0.4, -0.2) is 60.7 Å². The van der Waals surface area contributed by atoms with Gasteiger partial charge < -0.3 is 14.4 Å². The minimum absolute atomic E-state index is 0.0155. The van der Waals surface area contributed by atoms with E-state index in [1.165, 1.54) is 7.11 Å². The van der Waals surface area contributed by atoms with Gasteiger partial charge in [-0.05, 0) is 18.1 Å². The molecule has 0 aliphatic carbocycles. The van der Waals surface area contributed by atoms with Crippen molar-refractivity contribution < 1.29 is 19.1 Å². The molecule has 0 unspecified atom stereocenters. The SMILES string of the molecule is COC(=O)Cc1ccccc1C(=O)N1CCS[C@H]2COCC[C@H]21. The Bertz CT molecular complexity index is 590. The van der Waals surface area contributed by atoms with Gasteiger partial charge in [-0.1, -0.05) is 18.2 Å². The van der Waals surface area contributed by atoms with Crippen molar-refractivity contribution in [3.8, 4) is 0 Å². The molecule has 3 rings (SSSR count). The molecule has 0 spiro atoms. The van der Waals surface area contributed by atoms with Crippen molar-refractivity contribution in [2.24, 2.45) is 0 Å². The normalized spacial score (nSPS) is 24.0. The monoisotopic (exact) mass is 335 g/mol. The third-order valence-corrected chi connectivity index (χ3v) is 5.70. The zero-order valence-corrected chi connectivity index (χ0v) is 14.0. The predicted molar refractivity (Wildman–Crippen MR) is 88.7 cm³/mol. The van der Waals surface area contributed by atoms with Crippen molar-refractivity contribution in [1.82, 2.24) is 4.90 Å². The van der Waals surface area contributed by atoms with Crippen LogP contribution in [0.4, 0.5) is 0 Å². The second-order valence-corrected chi connectivity index (χ2v) is 7.10. The first-order valence-electron chi connectivity index (χ1n) is 7.85. The number of rotatable bonds is 3. The molecule has 124 valence electrons. The molecule has 0 radical (unpaired) electrons. The number of benzene rings is 1. The van der Waals surface area contributed by atoms with E-state index < -0.39 is 0 Å². The first-order chi connectivity index (χ1) is 11.2. The van der Waals surface area contributed by atoms with Crippen LogP contribution >= 0.6 is 11.8 Å². The van der Waals surface area contributed by atoms with E-state index in [0.29, 0.717) is 24.0 Å². The first-order valence-corrected chi connectivity index (χ1v) is 8.90. The molecule has 2 aliphatic rings. The molecule has 1 aromatic rings. The summed E-state index contributed by atoms with van der Waals surface area (Å²) in [6.45, 7) is 2.16. The maximum Gasteiger partial charge on any atom is 0.310 e. The number of ether oxygens (including phenoxy) is 2. The molecule has 2 atom stereocenters. The van der Waals surface area contributed by atoms with E-state index in [2.05, 4.69) is 0 Å². The summed E-state index contributed by atoms with van der Waals surface area (Å²) in [6.07, 6.45) is 1.00. The van der Waals surface area contributed by atoms with E-state index >= 15 is 0 Å². The van der Waals surface area contributed by atoms with E-state index in [-0.39, 0.29) is 24.3 Å². The molecule has 0 saturated carbocycles. The van der Waals surface area contributed by atoms with Crippen LogP contribution in [0.2, 0.25) is 0 Å². The van der Waals surface area contributed by atoms with Crippen LogP contribution in [0.5, 0.6) is 0 Å². The molecule has 5 nitrogen and oxygen atoms in total. The largest absolute Gasteiger partial charge is 0.469 e. The Kier molecular flexibility index (Phi) is 5.23. The summed E-state index contributed by atoms with van der Waals surface area (Å²) in [4.78, 5) is 26.6. The first kappa shape index (κ1) is 16.3. The van der Waals surface area contributed by atoms with Gasteiger partial charge >= 0.3 is 5.97 Å². The van der Waals surface area contributed by atoms with Gasteiger partial charge in [0.2, 0.25) is 0 Å². The summed E-state index contributed by atoms with van der Waals surface area (Å²) in [6, 6.07) is 7.54. The standard InChI is InChI=1S/C17H21NO4S/c1-21-16(19)10-12-4-2-3-5-13(12)17(20)18-7-9-23-15-11-22-8-6-14(15)18/h2-5,14-15H,6-11H2,1H3/t14-,15+/m1/s1. The third kappa shape index (κ3) is 3.53. The average molecular weight is 335 g/mol. The fourth-order valence-corrected chi connectivity index (χ4v) is 4.50. The average Bonchev–Trinajstić information content (AvgIpc) is 2.61. The molecule has 2 saturated heterocycles. The van der Waals surface area contributed by atoms with Gasteiger partial charge in [-0.2, -0.15) is 11.8 Å². The van der Waals surface area contributed by atoms with Crippen LogP contribution in [0.15, 0.2) is 24.3 Å². The lowest BCUT2D eigenvalue weighted by Crippen LogP contribution is -2.54. The molecule has 2 fully saturated rings. The van der Waals surface area contributed by atoms with Crippen molar-refractivity contribution in [3.63, 3.8) is 0 Å². The number of thioether (sulfide) groups is 1. The highest BCUT2D eigenvalue weighted by Crippen LogP contribution is 2.31. The lowest BCUT2D eigenvalue weighted by Gasteiger charge is -2.43. The molecule has 23 heavy (non-hydrogen) atoms. The predicted octanol–water partition coefficient (Wildman–Crippen LogP) is 1.75. The number of hydrogen-bond donors (Lipinski definition) is 0. The number of nitrogens with zero attached hydrogens (tertiary/aromatic N) is 1. The van der Waals surface area contributed by atoms with E-state index in [4.69, 9.17) is 9.47 Å². The Morgan fingerprint density at radius 1 is 1.39 bits per heavy atom. The van der Waals surface area contributed by atoms with Crippen LogP contribution < -0.4 is 0 Å². The lowest BCUT2D eigenvalue weighted by atomic mass is 10.0. The van der Waals surface area contributed by atoms with Crippen LogP contribution in [0.25, 0.3) is 0 Å². The molecule has 0 N–H and O–H groups in total. The zero-order chi connectivity index (χ0) is 16.2. The van der Waals surface area contributed by atoms with Gasteiger partial charge in [-0.3, -0.25) is 9.59 Å². The van der Waals surface area contributed by atoms with E-state index in [1.54, 1.807) is 6.07 Å². The molecule has 1 amide bonds. The number of amides is 1. The number of methoxy groups -OCH3 is 1. The maximum atomic E-state index is 13.1. The third-order valence-electron chi connectivity index (χ3n) is 4.40. The highest BCUT2D eigenvalue weighted by atomic mass is 32.2. The van der Waals surface area contributed by atoms with Gasteiger partial charge in [-0.15, -0.1) is 0 Å². The van der Waals surface area contributed by atoms with E-state index in [1.807, 2.05) is 34.9 Å². The maximum absolute atomic E-state index is 13.1. The summed E-state index contributed by atoms with van der Waals surface area (Å²) in [7, 11) is 1.36. The van der Waals surface area contributed by atoms with Crippen molar-refractivity contribution in [2.45, 2.75) is 24.1 Å². The number of esters is 1. The molecular formula is C17H21NO4S. The Balaban J connectivity index is 1.83. The quantitative estimate of drug-likeness (QED) is 0.788. The van der Waals surface area contributed by atoms with Gasteiger partial charge in [0.05, 0.1) is 20.1 Å². The summed E-state index contributed by atoms with van der Waals surface area (Å²) in [5, 5.41) is 0.356. The van der Waals surface area contributed by atoms with Crippen molar-refractivity contribution >= 4 is 23.6 Å². The Morgan fingerprint density at radius 3 is 3.04 bits per heavy atom. The van der Waals surface area contributed by atoms with E-state index in [9.17, 15) is 9.59 Å². The highest BCUT2D eigenvalue weighted by Gasteiger charge is 2.37. The van der Waals surface area contributed by atoms with Gasteiger partial charge in [-0.25, -0.2) is 0 Å². The van der Waals surface area contributed by atoms with Crippen molar-refractivity contribution in [3.05, 3.63) is 35.4 Å². The topological polar surface area (TPSA) is 55.8 Å². The lowest BCUT2D eigenvalue weighted by molar-refractivity contribution is -0.139. The summed E-state index contributed by atoms with van der Waals surface area (Å²) in [5.74, 6) is 0.611. The molecule has 0 aromatic heterocycles. The van der Waals surface area contributed by atoms with Crippen LogP contribution in [0, 0.1) is 0 Å². The minimum Gasteiger partial charge on any atom is -0.469 e. The molecule has 6 heteroatoms. The Hall–Kier alpha value is -1.53. The van der Waals surface area contributed by atoms with Gasteiger partial charge in [0.1, 0.15) is 0 Å². The number of fused-ring (bicyclic) bond motifs is 1. The Morgan fingerprint density at radius 2 is 2.22 bits per heavy atom. The van der Waals surface area contributed by atoms with Gasteiger partial charge in [0, 0.05) is 35.8 Å². The molecule has 0 bridgehead atoms. The summed E-state index contributed by atoms with van der Waals surface area (Å²) in [5.41, 5.74) is 1.33. The van der Waals surface area contributed by atoms with Crippen molar-refractivity contribution in [1.29, 1.82) is 0 Å². The zero-order valence-electron chi connectivity index (χ0n) is 13.2. The number of carbonyl (C=O) groups is 2. The molecule has 1 aromatic carbocycles. The van der Waals surface area contributed by atoms with E-state index in [0.717, 1.165) is 24.3 Å². The molecule has 2 aliphatic heterocycles. The highest BCUT2D eigenvalue weighted by molar-refractivity contribution is 8.00. The smallest absolute Gasteiger partial charge is 0.310 e. The number of carbonyl (C=O) groups excluding carboxylic acids is 2. The Labute approximate surface area is 140 Å². The van der Waals surface area contributed by atoms with Crippen LogP contribution in [0.1, 0.15) is 22.3 Å². The van der Waals surface area contributed by atoms with Gasteiger partial charge in [0.25, 0.3) is 5.91 Å². The summed E-state index contributed by atoms with van der Waals surface area (Å²) >= 11 is 1.89. The fourth-order valence-electron chi connectivity index (χ4n) is 3.20. The van der Waals surface area contributed by atoms with Crippen LogP contribution in [-0.2, 0) is 20.7 Å². The molecular weight excluding hydrogens is 314 g/mol. The minimum atomic E-state index is -0.330. The van der Waals surface area contributed by atoms with Crippen molar-refractivity contribution in [2.75, 3.05) is 32.6 Å². The second-order valence-electron chi connectivity index (χ2n) is 5.75. The van der Waals surface area contributed by atoms with Gasteiger partial charge in [0.15, 0.2) is 0 Å². The second kappa shape index (κ2) is 7.36. The fraction of sp³-hybridized carbons (Fsp3) is 0.529. The van der Waals surface area contributed by atoms with Crippen LogP contribution in [0.3, 0.4) is 0 Å². The summed E-state index contributed by atoms with van der Waals surface area (Å²) < 4.78 is 10.3. The number of hydrogen-bond acceptors (Lipinski definition) is 5. The molecule has 2 heterocycles.